The highest BCUT2D eigenvalue weighted by molar-refractivity contribution is 5.80. The van der Waals surface area contributed by atoms with Crippen LogP contribution in [-0.2, 0) is 9.53 Å². The molecule has 3 unspecified atom stereocenters. The SMILES string of the molecule is CCC(C)(CC(C)CN=[N+]=[N-])CC(NC(=O)OC(C)(C)C)C(=O)O. The van der Waals surface area contributed by atoms with Crippen molar-refractivity contribution in [3.63, 3.8) is 0 Å². The first-order chi connectivity index (χ1) is 10.9. The van der Waals surface area contributed by atoms with Crippen LogP contribution < -0.4 is 5.32 Å². The normalized spacial score (nSPS) is 16.2. The van der Waals surface area contributed by atoms with E-state index in [4.69, 9.17) is 10.3 Å². The maximum atomic E-state index is 11.9. The van der Waals surface area contributed by atoms with E-state index in [0.29, 0.717) is 13.0 Å². The number of alkyl carbamates (subject to hydrolysis) is 1. The Kier molecular flexibility index (Phi) is 8.61. The van der Waals surface area contributed by atoms with Gasteiger partial charge in [0, 0.05) is 11.5 Å². The number of hydrogen-bond acceptors (Lipinski definition) is 4. The summed E-state index contributed by atoms with van der Waals surface area (Å²) in [6.07, 6.45) is 0.976. The minimum absolute atomic E-state index is 0.127. The molecule has 0 radical (unpaired) electrons. The van der Waals surface area contributed by atoms with Gasteiger partial charge in [-0.1, -0.05) is 32.3 Å². The molecule has 0 saturated heterocycles. The van der Waals surface area contributed by atoms with Crippen LogP contribution in [0.15, 0.2) is 5.11 Å². The molecule has 0 heterocycles. The Morgan fingerprint density at radius 3 is 2.29 bits per heavy atom. The minimum atomic E-state index is -1.09. The van der Waals surface area contributed by atoms with Gasteiger partial charge in [0.05, 0.1) is 0 Å². The summed E-state index contributed by atoms with van der Waals surface area (Å²) in [7, 11) is 0. The average molecular weight is 342 g/mol. The fourth-order valence-electron chi connectivity index (χ4n) is 2.60. The second-order valence-corrected chi connectivity index (χ2v) is 7.63. The zero-order valence-electron chi connectivity index (χ0n) is 15.5. The second-order valence-electron chi connectivity index (χ2n) is 7.63. The van der Waals surface area contributed by atoms with Crippen molar-refractivity contribution in [2.75, 3.05) is 6.54 Å². The number of carbonyl (C=O) groups is 2. The fourth-order valence-corrected chi connectivity index (χ4v) is 2.60. The quantitative estimate of drug-likeness (QED) is 0.371. The Labute approximate surface area is 143 Å². The van der Waals surface area contributed by atoms with Gasteiger partial charge in [-0.2, -0.15) is 0 Å². The lowest BCUT2D eigenvalue weighted by Crippen LogP contribution is -2.46. The summed E-state index contributed by atoms with van der Waals surface area (Å²) < 4.78 is 5.13. The predicted molar refractivity (Wildman–Crippen MR) is 91.6 cm³/mol. The van der Waals surface area contributed by atoms with Crippen LogP contribution in [0.1, 0.15) is 60.8 Å². The Morgan fingerprint density at radius 2 is 1.88 bits per heavy atom. The van der Waals surface area contributed by atoms with Gasteiger partial charge < -0.3 is 15.2 Å². The smallest absolute Gasteiger partial charge is 0.408 e. The maximum Gasteiger partial charge on any atom is 0.408 e. The number of carboxylic acids is 1. The largest absolute Gasteiger partial charge is 0.480 e. The van der Waals surface area contributed by atoms with Crippen LogP contribution in [0, 0.1) is 11.3 Å². The van der Waals surface area contributed by atoms with E-state index in [1.165, 1.54) is 0 Å². The van der Waals surface area contributed by atoms with Crippen molar-refractivity contribution in [2.24, 2.45) is 16.4 Å². The zero-order valence-corrected chi connectivity index (χ0v) is 15.5. The van der Waals surface area contributed by atoms with Gasteiger partial charge in [0.2, 0.25) is 0 Å². The van der Waals surface area contributed by atoms with Crippen molar-refractivity contribution in [1.29, 1.82) is 0 Å². The first-order valence-electron chi connectivity index (χ1n) is 8.15. The van der Waals surface area contributed by atoms with Gasteiger partial charge in [-0.3, -0.25) is 0 Å². The summed E-state index contributed by atoms with van der Waals surface area (Å²) in [6, 6.07) is -1.03. The molecular formula is C16H30N4O4. The molecule has 0 bridgehead atoms. The standard InChI is InChI=1S/C16H30N4O4/c1-7-16(6,8-11(2)10-18-20-17)9-12(13(21)22)19-14(23)24-15(3,4)5/h11-12H,7-10H2,1-6H3,(H,19,23)(H,21,22). The number of azide groups is 1. The first kappa shape index (κ1) is 22.1. The third-order valence-electron chi connectivity index (χ3n) is 3.84. The van der Waals surface area contributed by atoms with Crippen molar-refractivity contribution in [2.45, 2.75) is 72.4 Å². The van der Waals surface area contributed by atoms with E-state index in [1.54, 1.807) is 20.8 Å². The molecule has 0 rings (SSSR count). The van der Waals surface area contributed by atoms with Crippen molar-refractivity contribution in [3.8, 4) is 0 Å². The van der Waals surface area contributed by atoms with E-state index < -0.39 is 23.7 Å². The highest BCUT2D eigenvalue weighted by atomic mass is 16.6. The van der Waals surface area contributed by atoms with Crippen LogP contribution in [0.2, 0.25) is 0 Å². The molecule has 8 heteroatoms. The highest BCUT2D eigenvalue weighted by Gasteiger charge is 2.33. The molecule has 0 fully saturated rings. The summed E-state index contributed by atoms with van der Waals surface area (Å²) in [5, 5.41) is 15.4. The third kappa shape index (κ3) is 9.25. The molecule has 1 amide bonds. The van der Waals surface area contributed by atoms with Crippen LogP contribution in [0.5, 0.6) is 0 Å². The monoisotopic (exact) mass is 342 g/mol. The van der Waals surface area contributed by atoms with Crippen molar-refractivity contribution < 1.29 is 19.4 Å². The summed E-state index contributed by atoms with van der Waals surface area (Å²) in [5.41, 5.74) is 7.41. The molecule has 0 aliphatic heterocycles. The summed E-state index contributed by atoms with van der Waals surface area (Å²) in [5.74, 6) is -0.968. The lowest BCUT2D eigenvalue weighted by molar-refractivity contribution is -0.140. The van der Waals surface area contributed by atoms with E-state index in [0.717, 1.165) is 6.42 Å². The molecule has 0 aromatic rings. The van der Waals surface area contributed by atoms with E-state index in [-0.39, 0.29) is 17.8 Å². The molecular weight excluding hydrogens is 312 g/mol. The molecule has 8 nitrogen and oxygen atoms in total. The van der Waals surface area contributed by atoms with Crippen molar-refractivity contribution in [1.82, 2.24) is 5.32 Å². The van der Waals surface area contributed by atoms with Crippen molar-refractivity contribution >= 4 is 12.1 Å². The van der Waals surface area contributed by atoms with E-state index in [1.807, 2.05) is 20.8 Å². The van der Waals surface area contributed by atoms with Crippen LogP contribution in [0.25, 0.3) is 10.4 Å². The molecule has 0 aliphatic carbocycles. The number of carboxylic acid groups (broad SMARTS) is 1. The molecule has 24 heavy (non-hydrogen) atoms. The highest BCUT2D eigenvalue weighted by Crippen LogP contribution is 2.35. The van der Waals surface area contributed by atoms with Gasteiger partial charge in [0.25, 0.3) is 0 Å². The van der Waals surface area contributed by atoms with Gasteiger partial charge in [0.15, 0.2) is 0 Å². The number of nitrogens with zero attached hydrogens (tertiary/aromatic N) is 3. The second kappa shape index (κ2) is 9.37. The molecule has 138 valence electrons. The van der Waals surface area contributed by atoms with Gasteiger partial charge in [-0.05, 0) is 50.5 Å². The van der Waals surface area contributed by atoms with Crippen LogP contribution >= 0.6 is 0 Å². The number of amides is 1. The number of aliphatic carboxylic acids is 1. The van der Waals surface area contributed by atoms with Crippen LogP contribution in [0.4, 0.5) is 4.79 Å². The number of hydrogen-bond donors (Lipinski definition) is 2. The van der Waals surface area contributed by atoms with E-state index in [2.05, 4.69) is 15.3 Å². The molecule has 0 spiro atoms. The number of ether oxygens (including phenoxy) is 1. The Morgan fingerprint density at radius 1 is 1.29 bits per heavy atom. The Balaban J connectivity index is 4.95. The van der Waals surface area contributed by atoms with Gasteiger partial charge in [-0.25, -0.2) is 9.59 Å². The Hall–Kier alpha value is -1.95. The zero-order chi connectivity index (χ0) is 19.0. The minimum Gasteiger partial charge on any atom is -0.480 e. The van der Waals surface area contributed by atoms with E-state index in [9.17, 15) is 14.7 Å². The fraction of sp³-hybridized carbons (Fsp3) is 0.875. The number of nitrogens with one attached hydrogen (secondary N) is 1. The van der Waals surface area contributed by atoms with E-state index >= 15 is 0 Å². The van der Waals surface area contributed by atoms with Crippen LogP contribution in [0.3, 0.4) is 0 Å². The average Bonchev–Trinajstić information content (AvgIpc) is 2.42. The molecule has 3 atom stereocenters. The number of rotatable bonds is 9. The third-order valence-corrected chi connectivity index (χ3v) is 3.84. The molecule has 0 aromatic heterocycles. The molecule has 2 N–H and O–H groups in total. The number of carbonyl (C=O) groups excluding carboxylic acids is 1. The first-order valence-corrected chi connectivity index (χ1v) is 8.15. The summed E-state index contributed by atoms with van der Waals surface area (Å²) in [6.45, 7) is 11.4. The van der Waals surface area contributed by atoms with Crippen LogP contribution in [-0.4, -0.2) is 35.4 Å². The Bertz CT molecular complexity index is 483. The van der Waals surface area contributed by atoms with Gasteiger partial charge in [0.1, 0.15) is 11.6 Å². The summed E-state index contributed by atoms with van der Waals surface area (Å²) in [4.78, 5) is 26.1. The molecule has 0 aliphatic rings. The predicted octanol–water partition coefficient (Wildman–Crippen LogP) is 4.11. The van der Waals surface area contributed by atoms with Gasteiger partial charge >= 0.3 is 12.1 Å². The van der Waals surface area contributed by atoms with Crippen molar-refractivity contribution in [3.05, 3.63) is 10.4 Å². The molecule has 0 saturated carbocycles. The maximum absolute atomic E-state index is 11.9. The van der Waals surface area contributed by atoms with Gasteiger partial charge in [-0.15, -0.1) is 0 Å². The lowest BCUT2D eigenvalue weighted by Gasteiger charge is -2.33. The summed E-state index contributed by atoms with van der Waals surface area (Å²) >= 11 is 0. The lowest BCUT2D eigenvalue weighted by atomic mass is 9.74. The molecule has 0 aromatic carbocycles. The topological polar surface area (TPSA) is 124 Å².